The summed E-state index contributed by atoms with van der Waals surface area (Å²) < 4.78 is 11.5. The van der Waals surface area contributed by atoms with Crippen LogP contribution in [0.2, 0.25) is 0 Å². The summed E-state index contributed by atoms with van der Waals surface area (Å²) >= 11 is 0. The lowest BCUT2D eigenvalue weighted by atomic mass is 9.94. The molecule has 1 spiro atoms. The van der Waals surface area contributed by atoms with E-state index >= 15 is 0 Å². The van der Waals surface area contributed by atoms with Gasteiger partial charge in [-0.2, -0.15) is 0 Å². The van der Waals surface area contributed by atoms with E-state index in [0.29, 0.717) is 37.3 Å². The third-order valence-electron chi connectivity index (χ3n) is 7.32. The number of nitrogens with one attached hydrogen (secondary N) is 1. The summed E-state index contributed by atoms with van der Waals surface area (Å²) in [4.78, 5) is 43.2. The summed E-state index contributed by atoms with van der Waals surface area (Å²) in [6.07, 6.45) is 7.73. The van der Waals surface area contributed by atoms with Crippen LogP contribution in [0.3, 0.4) is 0 Å². The average Bonchev–Trinajstić information content (AvgIpc) is 3.54. The van der Waals surface area contributed by atoms with Crippen LogP contribution in [0.25, 0.3) is 0 Å². The molecular formula is C26H31N3O5. The van der Waals surface area contributed by atoms with Crippen LogP contribution >= 0.6 is 0 Å². The molecule has 0 bridgehead atoms. The number of hydrogen-bond donors (Lipinski definition) is 1. The minimum atomic E-state index is -0.915. The maximum absolute atomic E-state index is 13.7. The molecule has 8 heteroatoms. The summed E-state index contributed by atoms with van der Waals surface area (Å²) in [6.45, 7) is 0.980. The zero-order valence-corrected chi connectivity index (χ0v) is 19.3. The SMILES string of the molecule is O=C(NC1CCCCC1)[C@@H]1COC2(CCN(C(=O)c3ccco3)CC2)N1C(=O)c1ccccc1. The summed E-state index contributed by atoms with van der Waals surface area (Å²) in [5.74, 6) is -0.245. The van der Waals surface area contributed by atoms with E-state index in [1.54, 1.807) is 34.1 Å². The first-order valence-corrected chi connectivity index (χ1v) is 12.2. The van der Waals surface area contributed by atoms with Crippen molar-refractivity contribution >= 4 is 17.7 Å². The molecule has 1 N–H and O–H groups in total. The van der Waals surface area contributed by atoms with Crippen molar-refractivity contribution in [3.05, 3.63) is 60.1 Å². The maximum atomic E-state index is 13.7. The fourth-order valence-electron chi connectivity index (χ4n) is 5.45. The lowest BCUT2D eigenvalue weighted by Crippen LogP contribution is -2.60. The molecule has 2 aliphatic heterocycles. The molecular weight excluding hydrogens is 434 g/mol. The van der Waals surface area contributed by atoms with Gasteiger partial charge in [-0.1, -0.05) is 37.5 Å². The Bertz CT molecular complexity index is 1010. The average molecular weight is 466 g/mol. The number of benzene rings is 1. The Morgan fingerprint density at radius 3 is 2.32 bits per heavy atom. The second kappa shape index (κ2) is 9.62. The monoisotopic (exact) mass is 465 g/mol. The molecule has 1 saturated carbocycles. The molecule has 2 saturated heterocycles. The normalized spacial score (nSPS) is 22.6. The largest absolute Gasteiger partial charge is 0.459 e. The molecule has 3 amide bonds. The van der Waals surface area contributed by atoms with E-state index in [-0.39, 0.29) is 30.4 Å². The Morgan fingerprint density at radius 1 is 0.912 bits per heavy atom. The molecule has 8 nitrogen and oxygen atoms in total. The Kier molecular flexibility index (Phi) is 6.41. The van der Waals surface area contributed by atoms with Crippen molar-refractivity contribution in [2.45, 2.75) is 62.8 Å². The lowest BCUT2D eigenvalue weighted by Gasteiger charge is -2.44. The van der Waals surface area contributed by atoms with Crippen molar-refractivity contribution in [2.75, 3.05) is 19.7 Å². The van der Waals surface area contributed by atoms with Gasteiger partial charge in [-0.25, -0.2) is 0 Å². The molecule has 1 aromatic heterocycles. The summed E-state index contributed by atoms with van der Waals surface area (Å²) in [5.41, 5.74) is -0.390. The summed E-state index contributed by atoms with van der Waals surface area (Å²) in [5, 5.41) is 3.17. The highest BCUT2D eigenvalue weighted by Crippen LogP contribution is 2.39. The predicted molar refractivity (Wildman–Crippen MR) is 124 cm³/mol. The van der Waals surface area contributed by atoms with E-state index < -0.39 is 11.8 Å². The quantitative estimate of drug-likeness (QED) is 0.749. The molecule has 3 aliphatic rings. The van der Waals surface area contributed by atoms with Gasteiger partial charge < -0.3 is 19.4 Å². The molecule has 3 fully saturated rings. The number of rotatable bonds is 4. The van der Waals surface area contributed by atoms with Crippen molar-refractivity contribution in [3.8, 4) is 0 Å². The van der Waals surface area contributed by atoms with E-state index in [1.165, 1.54) is 12.7 Å². The van der Waals surface area contributed by atoms with Crippen molar-refractivity contribution in [1.29, 1.82) is 0 Å². The molecule has 1 aromatic carbocycles. The van der Waals surface area contributed by atoms with Crippen LogP contribution in [0.1, 0.15) is 65.9 Å². The first-order valence-electron chi connectivity index (χ1n) is 12.2. The zero-order valence-electron chi connectivity index (χ0n) is 19.3. The van der Waals surface area contributed by atoms with E-state index in [2.05, 4.69) is 5.32 Å². The molecule has 2 aromatic rings. The van der Waals surface area contributed by atoms with E-state index in [9.17, 15) is 14.4 Å². The summed E-state index contributed by atoms with van der Waals surface area (Å²) in [7, 11) is 0. The van der Waals surface area contributed by atoms with Gasteiger partial charge in [0.1, 0.15) is 11.8 Å². The van der Waals surface area contributed by atoms with Crippen LogP contribution < -0.4 is 5.32 Å². The molecule has 0 radical (unpaired) electrons. The van der Waals surface area contributed by atoms with Crippen LogP contribution in [0, 0.1) is 0 Å². The smallest absolute Gasteiger partial charge is 0.289 e. The van der Waals surface area contributed by atoms with Gasteiger partial charge in [0.25, 0.3) is 11.8 Å². The van der Waals surface area contributed by atoms with E-state index in [0.717, 1.165) is 25.7 Å². The highest BCUT2D eigenvalue weighted by molar-refractivity contribution is 5.98. The van der Waals surface area contributed by atoms with Crippen molar-refractivity contribution in [2.24, 2.45) is 0 Å². The second-order valence-corrected chi connectivity index (χ2v) is 9.43. The molecule has 180 valence electrons. The lowest BCUT2D eigenvalue weighted by molar-refractivity contribution is -0.129. The minimum absolute atomic E-state index is 0.151. The third-order valence-corrected chi connectivity index (χ3v) is 7.32. The predicted octanol–water partition coefficient (Wildman–Crippen LogP) is 3.20. The highest BCUT2D eigenvalue weighted by Gasteiger charge is 2.54. The number of amides is 3. The number of carbonyl (C=O) groups is 3. The van der Waals surface area contributed by atoms with Gasteiger partial charge in [0.2, 0.25) is 5.91 Å². The maximum Gasteiger partial charge on any atom is 0.289 e. The number of furan rings is 1. The van der Waals surface area contributed by atoms with Crippen LogP contribution in [0.5, 0.6) is 0 Å². The van der Waals surface area contributed by atoms with Crippen molar-refractivity contribution < 1.29 is 23.5 Å². The number of carbonyl (C=O) groups excluding carboxylic acids is 3. The van der Waals surface area contributed by atoms with Crippen molar-refractivity contribution in [1.82, 2.24) is 15.1 Å². The first-order chi connectivity index (χ1) is 16.6. The number of nitrogens with zero attached hydrogens (tertiary/aromatic N) is 2. The van der Waals surface area contributed by atoms with Gasteiger partial charge in [-0.3, -0.25) is 19.3 Å². The molecule has 5 rings (SSSR count). The number of piperidine rings is 1. The summed E-state index contributed by atoms with van der Waals surface area (Å²) in [6, 6.07) is 11.8. The zero-order chi connectivity index (χ0) is 23.5. The van der Waals surface area contributed by atoms with Crippen LogP contribution in [-0.4, -0.2) is 65.0 Å². The molecule has 1 aliphatic carbocycles. The fourth-order valence-corrected chi connectivity index (χ4v) is 5.45. The van der Waals surface area contributed by atoms with Gasteiger partial charge in [0.15, 0.2) is 5.76 Å². The Labute approximate surface area is 199 Å². The molecule has 0 unspecified atom stereocenters. The Hall–Kier alpha value is -3.13. The third kappa shape index (κ3) is 4.34. The van der Waals surface area contributed by atoms with Gasteiger partial charge in [-0.15, -0.1) is 0 Å². The molecule has 34 heavy (non-hydrogen) atoms. The van der Waals surface area contributed by atoms with Crippen LogP contribution in [-0.2, 0) is 9.53 Å². The molecule has 1 atom stereocenters. The van der Waals surface area contributed by atoms with Gasteiger partial charge in [-0.05, 0) is 37.1 Å². The van der Waals surface area contributed by atoms with Gasteiger partial charge >= 0.3 is 0 Å². The topological polar surface area (TPSA) is 92.1 Å². The van der Waals surface area contributed by atoms with Crippen molar-refractivity contribution in [3.63, 3.8) is 0 Å². The van der Waals surface area contributed by atoms with E-state index in [1.807, 2.05) is 18.2 Å². The second-order valence-electron chi connectivity index (χ2n) is 9.43. The fraction of sp³-hybridized carbons (Fsp3) is 0.500. The van der Waals surface area contributed by atoms with Gasteiger partial charge in [0.05, 0.1) is 12.9 Å². The van der Waals surface area contributed by atoms with E-state index in [4.69, 9.17) is 9.15 Å². The first kappa shape index (κ1) is 22.7. The number of likely N-dealkylation sites (tertiary alicyclic amines) is 1. The van der Waals surface area contributed by atoms with Crippen LogP contribution in [0.15, 0.2) is 53.1 Å². The van der Waals surface area contributed by atoms with Gasteiger partial charge in [0, 0.05) is 37.5 Å². The minimum Gasteiger partial charge on any atom is -0.459 e. The van der Waals surface area contributed by atoms with Crippen LogP contribution in [0.4, 0.5) is 0 Å². The number of ether oxygens (including phenoxy) is 1. The standard InChI is InChI=1S/C26H31N3O5/c30-23(27-20-10-5-2-6-11-20)21-18-34-26(29(21)24(31)19-8-3-1-4-9-19)13-15-28(16-14-26)25(32)22-12-7-17-33-22/h1,3-4,7-9,12,17,20-21H,2,5-6,10-11,13-16,18H2,(H,27,30)/t21-/m0/s1. The highest BCUT2D eigenvalue weighted by atomic mass is 16.5. The number of hydrogen-bond acceptors (Lipinski definition) is 5. The Balaban J connectivity index is 1.36. The Morgan fingerprint density at radius 2 is 1.65 bits per heavy atom. The molecule has 3 heterocycles.